The molecule has 5 heteroatoms. The second-order valence-corrected chi connectivity index (χ2v) is 7.00. The van der Waals surface area contributed by atoms with Gasteiger partial charge in [-0.15, -0.1) is 0 Å². The molecule has 1 amide bonds. The number of hydrogen-bond acceptors (Lipinski definition) is 3. The van der Waals surface area contributed by atoms with E-state index in [2.05, 4.69) is 4.98 Å². The number of para-hydroxylation sites is 1. The molecule has 1 aromatic heterocycles. The predicted molar refractivity (Wildman–Crippen MR) is 103 cm³/mol. The maximum atomic E-state index is 13.0. The molecule has 1 aliphatic heterocycles. The Labute approximate surface area is 157 Å². The van der Waals surface area contributed by atoms with Crippen LogP contribution >= 0.6 is 0 Å². The number of aromatic nitrogens is 1. The summed E-state index contributed by atoms with van der Waals surface area (Å²) < 4.78 is 0. The second-order valence-electron chi connectivity index (χ2n) is 7.00. The third-order valence-electron chi connectivity index (χ3n) is 5.13. The number of amides is 1. The van der Waals surface area contributed by atoms with E-state index in [1.165, 1.54) is 0 Å². The molecule has 1 fully saturated rings. The number of aromatic carboxylic acids is 1. The average molecular weight is 360 g/mol. The highest BCUT2D eigenvalue weighted by Gasteiger charge is 2.28. The first-order valence-electron chi connectivity index (χ1n) is 9.07. The van der Waals surface area contributed by atoms with Crippen LogP contribution in [0.2, 0.25) is 0 Å². The van der Waals surface area contributed by atoms with Crippen LogP contribution in [-0.4, -0.2) is 40.0 Å². The van der Waals surface area contributed by atoms with Gasteiger partial charge in [0.1, 0.15) is 0 Å². The van der Waals surface area contributed by atoms with Crippen LogP contribution in [0.4, 0.5) is 0 Å². The third kappa shape index (κ3) is 3.53. The van der Waals surface area contributed by atoms with Gasteiger partial charge in [0.25, 0.3) is 5.91 Å². The molecule has 0 spiro atoms. The van der Waals surface area contributed by atoms with Gasteiger partial charge in [0.05, 0.1) is 16.6 Å². The quantitative estimate of drug-likeness (QED) is 0.771. The number of nitrogens with zero attached hydrogens (tertiary/aromatic N) is 2. The minimum absolute atomic E-state index is 0.0149. The molecule has 1 unspecified atom stereocenters. The normalized spacial score (nSPS) is 16.6. The van der Waals surface area contributed by atoms with Gasteiger partial charge in [-0.05, 0) is 48.6 Å². The molecule has 1 saturated heterocycles. The monoisotopic (exact) mass is 360 g/mol. The lowest BCUT2D eigenvalue weighted by atomic mass is 9.97. The van der Waals surface area contributed by atoms with Gasteiger partial charge in [0, 0.05) is 24.7 Å². The number of rotatable bonds is 4. The third-order valence-corrected chi connectivity index (χ3v) is 5.13. The first-order valence-corrected chi connectivity index (χ1v) is 9.07. The Hall–Kier alpha value is -3.21. The molecule has 2 aromatic carbocycles. The van der Waals surface area contributed by atoms with E-state index in [4.69, 9.17) is 5.11 Å². The fourth-order valence-corrected chi connectivity index (χ4v) is 3.80. The minimum Gasteiger partial charge on any atom is -0.478 e. The zero-order chi connectivity index (χ0) is 18.8. The van der Waals surface area contributed by atoms with Crippen LogP contribution in [0.3, 0.4) is 0 Å². The van der Waals surface area contributed by atoms with Gasteiger partial charge in [-0.1, -0.05) is 30.3 Å². The summed E-state index contributed by atoms with van der Waals surface area (Å²) in [5, 5.41) is 10.1. The smallest absolute Gasteiger partial charge is 0.335 e. The predicted octanol–water partition coefficient (Wildman–Crippen LogP) is 3.64. The Morgan fingerprint density at radius 2 is 1.93 bits per heavy atom. The number of benzene rings is 2. The summed E-state index contributed by atoms with van der Waals surface area (Å²) in [5.74, 6) is -0.564. The molecular formula is C22H20N2O3. The number of hydrogen-bond donors (Lipinski definition) is 1. The summed E-state index contributed by atoms with van der Waals surface area (Å²) in [6.07, 6.45) is 3.40. The van der Waals surface area contributed by atoms with Crippen LogP contribution < -0.4 is 0 Å². The highest BCUT2D eigenvalue weighted by molar-refractivity contribution is 6.05. The van der Waals surface area contributed by atoms with Gasteiger partial charge < -0.3 is 10.0 Å². The number of likely N-dealkylation sites (tertiary alicyclic amines) is 1. The molecular weight excluding hydrogens is 340 g/mol. The number of carbonyl (C=O) groups excluding carboxylic acids is 1. The van der Waals surface area contributed by atoms with Crippen molar-refractivity contribution in [2.24, 2.45) is 5.92 Å². The topological polar surface area (TPSA) is 70.5 Å². The zero-order valence-electron chi connectivity index (χ0n) is 14.8. The summed E-state index contributed by atoms with van der Waals surface area (Å²) in [5.41, 5.74) is 2.69. The van der Waals surface area contributed by atoms with Crippen LogP contribution in [0, 0.1) is 5.92 Å². The average Bonchev–Trinajstić information content (AvgIpc) is 3.15. The van der Waals surface area contributed by atoms with E-state index in [0.29, 0.717) is 30.1 Å². The number of fused-ring (bicyclic) bond motifs is 1. The SMILES string of the molecule is O=C(O)c1cccc(CC2CCN(C(=O)c3cccc4cccnc34)C2)c1. The van der Waals surface area contributed by atoms with Crippen molar-refractivity contribution < 1.29 is 14.7 Å². The van der Waals surface area contributed by atoms with Gasteiger partial charge in [-0.25, -0.2) is 4.79 Å². The van der Waals surface area contributed by atoms with E-state index in [-0.39, 0.29) is 5.91 Å². The van der Waals surface area contributed by atoms with E-state index in [9.17, 15) is 9.59 Å². The van der Waals surface area contributed by atoms with Gasteiger partial charge in [0.2, 0.25) is 0 Å². The Balaban J connectivity index is 1.48. The summed E-state index contributed by atoms with van der Waals surface area (Å²) in [7, 11) is 0. The van der Waals surface area contributed by atoms with Crippen molar-refractivity contribution in [2.45, 2.75) is 12.8 Å². The summed E-state index contributed by atoms with van der Waals surface area (Å²) in [6.45, 7) is 1.39. The van der Waals surface area contributed by atoms with Crippen molar-refractivity contribution >= 4 is 22.8 Å². The van der Waals surface area contributed by atoms with Crippen LogP contribution in [0.1, 0.15) is 32.7 Å². The Kier molecular flexibility index (Phi) is 4.59. The fraction of sp³-hybridized carbons (Fsp3) is 0.227. The molecule has 1 atom stereocenters. The molecule has 1 N–H and O–H groups in total. The first kappa shape index (κ1) is 17.2. The van der Waals surface area contributed by atoms with Crippen LogP contribution in [0.5, 0.6) is 0 Å². The molecule has 27 heavy (non-hydrogen) atoms. The molecule has 3 aromatic rings. The molecule has 0 bridgehead atoms. The zero-order valence-corrected chi connectivity index (χ0v) is 14.8. The van der Waals surface area contributed by atoms with Crippen molar-refractivity contribution in [1.29, 1.82) is 0 Å². The van der Waals surface area contributed by atoms with E-state index in [1.54, 1.807) is 24.4 Å². The van der Waals surface area contributed by atoms with Crippen LogP contribution in [0.15, 0.2) is 60.8 Å². The first-order chi connectivity index (χ1) is 13.1. The Morgan fingerprint density at radius 3 is 2.78 bits per heavy atom. The number of carboxylic acid groups (broad SMARTS) is 1. The molecule has 0 saturated carbocycles. The Bertz CT molecular complexity index is 1010. The lowest BCUT2D eigenvalue weighted by Gasteiger charge is -2.17. The maximum Gasteiger partial charge on any atom is 0.335 e. The lowest BCUT2D eigenvalue weighted by molar-refractivity contribution is 0.0696. The van der Waals surface area contributed by atoms with Crippen molar-refractivity contribution in [3.05, 3.63) is 77.5 Å². The highest BCUT2D eigenvalue weighted by Crippen LogP contribution is 2.25. The molecule has 1 aliphatic rings. The fourth-order valence-electron chi connectivity index (χ4n) is 3.80. The van der Waals surface area contributed by atoms with Crippen LogP contribution in [-0.2, 0) is 6.42 Å². The van der Waals surface area contributed by atoms with Gasteiger partial charge >= 0.3 is 5.97 Å². The molecule has 2 heterocycles. The van der Waals surface area contributed by atoms with E-state index < -0.39 is 5.97 Å². The molecule has 136 valence electrons. The molecule has 0 radical (unpaired) electrons. The van der Waals surface area contributed by atoms with E-state index in [1.807, 2.05) is 41.3 Å². The minimum atomic E-state index is -0.913. The van der Waals surface area contributed by atoms with Crippen LogP contribution in [0.25, 0.3) is 10.9 Å². The van der Waals surface area contributed by atoms with Crippen molar-refractivity contribution in [3.8, 4) is 0 Å². The van der Waals surface area contributed by atoms with E-state index in [0.717, 1.165) is 29.3 Å². The molecule has 4 rings (SSSR count). The summed E-state index contributed by atoms with van der Waals surface area (Å²) in [6, 6.07) is 16.6. The number of carboxylic acids is 1. The van der Waals surface area contributed by atoms with Crippen molar-refractivity contribution in [3.63, 3.8) is 0 Å². The Morgan fingerprint density at radius 1 is 1.11 bits per heavy atom. The van der Waals surface area contributed by atoms with Crippen molar-refractivity contribution in [2.75, 3.05) is 13.1 Å². The number of carbonyl (C=O) groups is 2. The van der Waals surface area contributed by atoms with Gasteiger partial charge in [-0.3, -0.25) is 9.78 Å². The van der Waals surface area contributed by atoms with E-state index >= 15 is 0 Å². The highest BCUT2D eigenvalue weighted by atomic mass is 16.4. The maximum absolute atomic E-state index is 13.0. The standard InChI is InChI=1S/C22H20N2O3/c25-21(19-8-2-5-17-7-3-10-23-20(17)19)24-11-9-16(14-24)12-15-4-1-6-18(13-15)22(26)27/h1-8,10,13,16H,9,11-12,14H2,(H,26,27). The molecule has 0 aliphatic carbocycles. The summed E-state index contributed by atoms with van der Waals surface area (Å²) >= 11 is 0. The summed E-state index contributed by atoms with van der Waals surface area (Å²) in [4.78, 5) is 30.4. The second kappa shape index (κ2) is 7.19. The largest absolute Gasteiger partial charge is 0.478 e. The number of pyridine rings is 1. The van der Waals surface area contributed by atoms with Gasteiger partial charge in [-0.2, -0.15) is 0 Å². The van der Waals surface area contributed by atoms with Gasteiger partial charge in [0.15, 0.2) is 0 Å². The van der Waals surface area contributed by atoms with Crippen molar-refractivity contribution in [1.82, 2.24) is 9.88 Å². The lowest BCUT2D eigenvalue weighted by Crippen LogP contribution is -2.29. The molecule has 5 nitrogen and oxygen atoms in total.